The fraction of sp³-hybridized carbons (Fsp3) is 0.438. The van der Waals surface area contributed by atoms with E-state index >= 15 is 0 Å². The Morgan fingerprint density at radius 1 is 1.04 bits per heavy atom. The van der Waals surface area contributed by atoms with Gasteiger partial charge in [0.15, 0.2) is 5.69 Å². The number of hydrogen-bond acceptors (Lipinski definition) is 8. The molecule has 2 aliphatic rings. The van der Waals surface area contributed by atoms with Crippen molar-refractivity contribution in [1.82, 2.24) is 15.2 Å². The van der Waals surface area contributed by atoms with Crippen LogP contribution in [0.4, 0.5) is 18.6 Å². The van der Waals surface area contributed by atoms with Crippen molar-refractivity contribution in [1.29, 1.82) is 0 Å². The fourth-order valence-corrected chi connectivity index (χ4v) is 6.65. The number of benzene rings is 2. The van der Waals surface area contributed by atoms with Gasteiger partial charge in [-0.2, -0.15) is 0 Å². The van der Waals surface area contributed by atoms with Crippen molar-refractivity contribution in [3.8, 4) is 11.5 Å². The number of rotatable bonds is 10. The zero-order valence-electron chi connectivity index (χ0n) is 25.1. The number of methoxy groups -OCH3 is 2. The van der Waals surface area contributed by atoms with Crippen LogP contribution in [0.15, 0.2) is 48.5 Å². The molecule has 0 radical (unpaired) electrons. The SMILES string of the molecule is COc1ccc(CNC(=O)c2nc([C@H]3CCCN3C(=O)OCc3ccccc3)sc2NC(=O)C2CCC(F)(F)CC2)c(OC)c1. The van der Waals surface area contributed by atoms with E-state index in [4.69, 9.17) is 14.2 Å². The molecule has 3 amide bonds. The molecule has 10 nitrogen and oxygen atoms in total. The molecular weight excluding hydrogens is 606 g/mol. The zero-order valence-corrected chi connectivity index (χ0v) is 26.0. The van der Waals surface area contributed by atoms with Gasteiger partial charge in [0.05, 0.1) is 20.3 Å². The van der Waals surface area contributed by atoms with E-state index in [0.717, 1.165) is 16.9 Å². The van der Waals surface area contributed by atoms with Crippen LogP contribution in [0.5, 0.6) is 11.5 Å². The van der Waals surface area contributed by atoms with Crippen molar-refractivity contribution < 1.29 is 37.4 Å². The normalized spacial score (nSPS) is 17.9. The molecule has 2 fully saturated rings. The lowest BCUT2D eigenvalue weighted by molar-refractivity contribution is -0.123. The van der Waals surface area contributed by atoms with Crippen molar-refractivity contribution in [2.75, 3.05) is 26.1 Å². The number of ether oxygens (including phenoxy) is 3. The summed E-state index contributed by atoms with van der Waals surface area (Å²) in [4.78, 5) is 46.0. The molecule has 45 heavy (non-hydrogen) atoms. The predicted molar refractivity (Wildman–Crippen MR) is 164 cm³/mol. The summed E-state index contributed by atoms with van der Waals surface area (Å²) in [7, 11) is 3.05. The number of aromatic nitrogens is 1. The highest BCUT2D eigenvalue weighted by Gasteiger charge is 2.39. The van der Waals surface area contributed by atoms with Gasteiger partial charge in [0, 0.05) is 43.5 Å². The summed E-state index contributed by atoms with van der Waals surface area (Å²) in [5.74, 6) is -3.24. The minimum atomic E-state index is -2.77. The minimum Gasteiger partial charge on any atom is -0.497 e. The Balaban J connectivity index is 1.35. The number of alkyl halides is 2. The van der Waals surface area contributed by atoms with Crippen LogP contribution in [0, 0.1) is 5.92 Å². The monoisotopic (exact) mass is 642 g/mol. The average Bonchev–Trinajstić information content (AvgIpc) is 3.70. The summed E-state index contributed by atoms with van der Waals surface area (Å²) in [6.07, 6.45) is 0.184. The first-order valence-corrected chi connectivity index (χ1v) is 15.6. The number of halogens is 2. The highest BCUT2D eigenvalue weighted by Crippen LogP contribution is 2.40. The molecular formula is C32H36F2N4O6S. The van der Waals surface area contributed by atoms with Gasteiger partial charge in [-0.3, -0.25) is 14.5 Å². The highest BCUT2D eigenvalue weighted by atomic mass is 32.1. The topological polar surface area (TPSA) is 119 Å². The summed E-state index contributed by atoms with van der Waals surface area (Å²) in [6, 6.07) is 14.1. The molecule has 2 N–H and O–H groups in total. The van der Waals surface area contributed by atoms with Gasteiger partial charge >= 0.3 is 6.09 Å². The van der Waals surface area contributed by atoms with Crippen molar-refractivity contribution in [3.05, 3.63) is 70.4 Å². The molecule has 1 aliphatic heterocycles. The van der Waals surface area contributed by atoms with Gasteiger partial charge in [-0.15, -0.1) is 0 Å². The number of likely N-dealkylation sites (tertiary alicyclic amines) is 1. The quantitative estimate of drug-likeness (QED) is 0.265. The number of anilines is 1. The first-order valence-electron chi connectivity index (χ1n) is 14.8. The number of carbonyl (C=O) groups is 3. The molecule has 1 saturated carbocycles. The lowest BCUT2D eigenvalue weighted by Crippen LogP contribution is -2.32. The van der Waals surface area contributed by atoms with Crippen molar-refractivity contribution in [2.24, 2.45) is 5.92 Å². The largest absolute Gasteiger partial charge is 0.497 e. The average molecular weight is 643 g/mol. The molecule has 240 valence electrons. The van der Waals surface area contributed by atoms with Gasteiger partial charge in [-0.1, -0.05) is 41.7 Å². The molecule has 1 saturated heterocycles. The van der Waals surface area contributed by atoms with Crippen molar-refractivity contribution in [2.45, 2.75) is 63.6 Å². The Hall–Kier alpha value is -4.26. The van der Waals surface area contributed by atoms with Crippen LogP contribution in [0.3, 0.4) is 0 Å². The molecule has 2 aromatic carbocycles. The summed E-state index contributed by atoms with van der Waals surface area (Å²) in [6.45, 7) is 0.672. The van der Waals surface area contributed by atoms with Crippen molar-refractivity contribution in [3.63, 3.8) is 0 Å². The minimum absolute atomic E-state index is 0.0125. The van der Waals surface area contributed by atoms with Crippen LogP contribution in [-0.4, -0.2) is 54.5 Å². The van der Waals surface area contributed by atoms with E-state index in [-0.39, 0.29) is 49.5 Å². The molecule has 1 aliphatic carbocycles. The lowest BCUT2D eigenvalue weighted by atomic mass is 9.86. The van der Waals surface area contributed by atoms with Gasteiger partial charge < -0.3 is 24.8 Å². The Labute approximate surface area is 264 Å². The summed E-state index contributed by atoms with van der Waals surface area (Å²) in [5, 5.41) is 6.31. The third kappa shape index (κ3) is 7.88. The molecule has 0 spiro atoms. The second-order valence-corrected chi connectivity index (χ2v) is 12.1. The van der Waals surface area contributed by atoms with Crippen LogP contribution in [0.25, 0.3) is 0 Å². The van der Waals surface area contributed by atoms with Gasteiger partial charge in [0.25, 0.3) is 5.91 Å². The number of amides is 3. The first kappa shape index (κ1) is 32.1. The van der Waals surface area contributed by atoms with E-state index in [1.165, 1.54) is 7.11 Å². The molecule has 1 atom stereocenters. The maximum absolute atomic E-state index is 13.7. The van der Waals surface area contributed by atoms with Crippen LogP contribution < -0.4 is 20.1 Å². The second kappa shape index (κ2) is 14.2. The lowest BCUT2D eigenvalue weighted by Gasteiger charge is -2.27. The van der Waals surface area contributed by atoms with Gasteiger partial charge in [0.2, 0.25) is 11.8 Å². The van der Waals surface area contributed by atoms with Crippen LogP contribution in [0.1, 0.15) is 71.2 Å². The molecule has 2 heterocycles. The molecule has 5 rings (SSSR count). The third-order valence-electron chi connectivity index (χ3n) is 8.09. The Morgan fingerprint density at radius 2 is 1.80 bits per heavy atom. The van der Waals surface area contributed by atoms with Gasteiger partial charge in [-0.25, -0.2) is 18.6 Å². The number of carbonyl (C=O) groups excluding carboxylic acids is 3. The first-order chi connectivity index (χ1) is 21.7. The maximum atomic E-state index is 13.7. The molecule has 0 bridgehead atoms. The van der Waals surface area contributed by atoms with Gasteiger partial charge in [-0.05, 0) is 43.4 Å². The highest BCUT2D eigenvalue weighted by molar-refractivity contribution is 7.16. The second-order valence-electron chi connectivity index (χ2n) is 11.1. The van der Waals surface area contributed by atoms with Gasteiger partial charge in [0.1, 0.15) is 28.1 Å². The van der Waals surface area contributed by atoms with E-state index in [1.54, 1.807) is 30.2 Å². The maximum Gasteiger partial charge on any atom is 0.410 e. The molecule has 1 aromatic heterocycles. The number of hydrogen-bond donors (Lipinski definition) is 2. The van der Waals surface area contributed by atoms with E-state index in [9.17, 15) is 23.2 Å². The number of nitrogens with one attached hydrogen (secondary N) is 2. The zero-order chi connectivity index (χ0) is 32.0. The Bertz CT molecular complexity index is 1510. The molecule has 3 aromatic rings. The number of nitrogens with zero attached hydrogens (tertiary/aromatic N) is 2. The third-order valence-corrected chi connectivity index (χ3v) is 9.17. The summed E-state index contributed by atoms with van der Waals surface area (Å²) >= 11 is 1.10. The van der Waals surface area contributed by atoms with E-state index < -0.39 is 35.8 Å². The smallest absolute Gasteiger partial charge is 0.410 e. The van der Waals surface area contributed by atoms with E-state index in [2.05, 4.69) is 15.6 Å². The van der Waals surface area contributed by atoms with E-state index in [1.807, 2.05) is 30.3 Å². The van der Waals surface area contributed by atoms with Crippen molar-refractivity contribution >= 4 is 34.2 Å². The standard InChI is InChI=1S/C32H36F2N4O6S/c1-42-23-11-10-22(25(17-23)43-2)18-35-28(40)26-30(37-27(39)21-12-14-32(33,34)15-13-21)45-29(36-26)24-9-6-16-38(24)31(41)44-19-20-7-4-3-5-8-20/h3-5,7-8,10-11,17,21,24H,6,9,12-16,18-19H2,1-2H3,(H,35,40)(H,37,39)/t24-/m1/s1. The summed E-state index contributed by atoms with van der Waals surface area (Å²) < 4.78 is 43.7. The predicted octanol–water partition coefficient (Wildman–Crippen LogP) is 6.33. The molecule has 13 heteroatoms. The molecule has 0 unspecified atom stereocenters. The Morgan fingerprint density at radius 3 is 2.51 bits per heavy atom. The van der Waals surface area contributed by atoms with Crippen LogP contribution >= 0.6 is 11.3 Å². The number of thiazole rings is 1. The van der Waals surface area contributed by atoms with Crippen LogP contribution in [-0.2, 0) is 22.7 Å². The summed E-state index contributed by atoms with van der Waals surface area (Å²) in [5.41, 5.74) is 1.54. The fourth-order valence-electron chi connectivity index (χ4n) is 5.54. The van der Waals surface area contributed by atoms with Crippen LogP contribution in [0.2, 0.25) is 0 Å². The Kier molecular flexibility index (Phi) is 10.2. The van der Waals surface area contributed by atoms with E-state index in [0.29, 0.717) is 41.5 Å².